The lowest BCUT2D eigenvalue weighted by Gasteiger charge is -2.12. The quantitative estimate of drug-likeness (QED) is 0.164. The van der Waals surface area contributed by atoms with E-state index in [9.17, 15) is 0 Å². The highest BCUT2D eigenvalue weighted by atomic mass is 16.5. The third-order valence-corrected chi connectivity index (χ3v) is 11.7. The molecule has 0 atom stereocenters. The molecule has 0 aliphatic carbocycles. The van der Waals surface area contributed by atoms with Crippen molar-refractivity contribution in [3.8, 4) is 51.2 Å². The molecule has 4 aromatic heterocycles. The van der Waals surface area contributed by atoms with Gasteiger partial charge in [-0.1, -0.05) is 94.6 Å². The first-order valence-corrected chi connectivity index (χ1v) is 19.7. The lowest BCUT2D eigenvalue weighted by Crippen LogP contribution is -2.50. The van der Waals surface area contributed by atoms with Crippen LogP contribution in [0.15, 0.2) is 189 Å². The van der Waals surface area contributed by atoms with Crippen LogP contribution in [0.1, 0.15) is 0 Å². The van der Waals surface area contributed by atoms with Crippen molar-refractivity contribution >= 4 is 68.3 Å². The molecule has 0 saturated heterocycles. The highest BCUT2D eigenvalue weighted by molar-refractivity contribution is 6.99. The summed E-state index contributed by atoms with van der Waals surface area (Å²) in [6.45, 7) is 0.0519. The number of ether oxygens (including phenoxy) is 2. The maximum atomic E-state index is 6.68. The second kappa shape index (κ2) is 13.4. The molecule has 0 radical (unpaired) electrons. The molecule has 0 saturated carbocycles. The fraction of sp³-hybridized carbons (Fsp3) is 0. The summed E-state index contributed by atoms with van der Waals surface area (Å²) in [5.74, 6) is 3.49. The molecule has 59 heavy (non-hydrogen) atoms. The number of benzene rings is 6. The van der Waals surface area contributed by atoms with E-state index >= 15 is 0 Å². The number of hydrogen-bond donors (Lipinski definition) is 0. The van der Waals surface area contributed by atoms with E-state index in [0.29, 0.717) is 17.4 Å². The molecule has 0 bridgehead atoms. The van der Waals surface area contributed by atoms with E-state index in [1.807, 2.05) is 42.7 Å². The van der Waals surface area contributed by atoms with E-state index < -0.39 is 0 Å². The van der Waals surface area contributed by atoms with E-state index in [4.69, 9.17) is 29.4 Å². The largest absolute Gasteiger partial charge is 0.457 e. The summed E-state index contributed by atoms with van der Waals surface area (Å²) in [4.78, 5) is 18.9. The van der Waals surface area contributed by atoms with Gasteiger partial charge in [-0.25, -0.2) is 9.97 Å². The van der Waals surface area contributed by atoms with Crippen molar-refractivity contribution in [2.75, 3.05) is 0 Å². The molecule has 0 fully saturated rings. The Morgan fingerprint density at radius 2 is 0.780 bits per heavy atom. The molecule has 0 spiro atoms. The highest BCUT2D eigenvalue weighted by Crippen LogP contribution is 2.38. The van der Waals surface area contributed by atoms with Crippen molar-refractivity contribution in [2.45, 2.75) is 0 Å². The molecule has 9 heteroatoms. The lowest BCUT2D eigenvalue weighted by atomic mass is 9.40. The van der Waals surface area contributed by atoms with Crippen LogP contribution in [0.4, 0.5) is 0 Å². The van der Waals surface area contributed by atoms with Crippen LogP contribution in [-0.4, -0.2) is 37.9 Å². The topological polar surface area (TPSA) is 75.0 Å². The molecule has 0 unspecified atom stereocenters. The molecule has 7 nitrogen and oxygen atoms in total. The van der Waals surface area contributed by atoms with Crippen molar-refractivity contribution in [3.63, 3.8) is 0 Å². The zero-order valence-electron chi connectivity index (χ0n) is 31.6. The monoisotopic (exact) mass is 755 g/mol. The minimum Gasteiger partial charge on any atom is -0.457 e. The predicted octanol–water partition coefficient (Wildman–Crippen LogP) is 6.94. The Morgan fingerprint density at radius 1 is 0.356 bits per heavy atom. The summed E-state index contributed by atoms with van der Waals surface area (Å²) < 4.78 is 15.4. The Kier molecular flexibility index (Phi) is 7.59. The second-order valence-electron chi connectivity index (χ2n) is 15.0. The first-order chi connectivity index (χ1) is 29.2. The van der Waals surface area contributed by atoms with Gasteiger partial charge in [0.15, 0.2) is 0 Å². The van der Waals surface area contributed by atoms with E-state index in [2.05, 4.69) is 138 Å². The van der Waals surface area contributed by atoms with Gasteiger partial charge in [0.25, 0.3) is 13.4 Å². The number of rotatable bonds is 7. The van der Waals surface area contributed by atoms with Crippen molar-refractivity contribution in [1.82, 2.24) is 24.5 Å². The second-order valence-corrected chi connectivity index (χ2v) is 15.0. The molecule has 2 aliphatic rings. The van der Waals surface area contributed by atoms with E-state index in [-0.39, 0.29) is 13.4 Å². The maximum Gasteiger partial charge on any atom is 0.266 e. The van der Waals surface area contributed by atoms with Gasteiger partial charge in [-0.2, -0.15) is 0 Å². The Bertz CT molecular complexity index is 3050. The molecule has 6 heterocycles. The van der Waals surface area contributed by atoms with Gasteiger partial charge in [-0.05, 0) is 101 Å². The number of nitrogens with zero attached hydrogens (tertiary/aromatic N) is 5. The van der Waals surface area contributed by atoms with Crippen LogP contribution in [0.2, 0.25) is 0 Å². The third kappa shape index (κ3) is 5.46. The van der Waals surface area contributed by atoms with Crippen LogP contribution < -0.4 is 42.5 Å². The third-order valence-electron chi connectivity index (χ3n) is 11.7. The first-order valence-electron chi connectivity index (χ1n) is 19.7. The Hall–Kier alpha value is -7.77. The number of pyridine rings is 2. The normalized spacial score (nSPS) is 12.3. The van der Waals surface area contributed by atoms with Gasteiger partial charge in [0.2, 0.25) is 5.95 Å². The van der Waals surface area contributed by atoms with Gasteiger partial charge in [0.05, 0.1) is 11.0 Å². The zero-order valence-corrected chi connectivity index (χ0v) is 31.6. The minimum absolute atomic E-state index is 0.0259. The van der Waals surface area contributed by atoms with Gasteiger partial charge < -0.3 is 9.47 Å². The Labute approximate surface area is 340 Å². The summed E-state index contributed by atoms with van der Waals surface area (Å²) in [5.41, 5.74) is 13.6. The summed E-state index contributed by atoms with van der Waals surface area (Å²) >= 11 is 0. The predicted molar refractivity (Wildman–Crippen MR) is 238 cm³/mol. The van der Waals surface area contributed by atoms with Crippen LogP contribution in [0.3, 0.4) is 0 Å². The van der Waals surface area contributed by atoms with Gasteiger partial charge in [0, 0.05) is 58.9 Å². The molecule has 0 N–H and O–H groups in total. The summed E-state index contributed by atoms with van der Waals surface area (Å²) in [6.07, 6.45) is 7.26. The Balaban J connectivity index is 0.919. The van der Waals surface area contributed by atoms with E-state index in [1.54, 1.807) is 12.4 Å². The van der Waals surface area contributed by atoms with Crippen LogP contribution in [0.5, 0.6) is 23.0 Å². The lowest BCUT2D eigenvalue weighted by molar-refractivity contribution is 0.483. The maximum absolute atomic E-state index is 6.68. The minimum atomic E-state index is 0.0259. The molecule has 0 amide bonds. The number of aromatic nitrogens is 5. The summed E-state index contributed by atoms with van der Waals surface area (Å²) in [6, 6.07) is 56.4. The van der Waals surface area contributed by atoms with Gasteiger partial charge in [-0.3, -0.25) is 14.5 Å². The number of hydrogen-bond acceptors (Lipinski definition) is 6. The van der Waals surface area contributed by atoms with E-state index in [0.717, 1.165) is 44.5 Å². The van der Waals surface area contributed by atoms with Crippen molar-refractivity contribution in [3.05, 3.63) is 189 Å². The van der Waals surface area contributed by atoms with Gasteiger partial charge >= 0.3 is 0 Å². The van der Waals surface area contributed by atoms with Crippen LogP contribution in [0.25, 0.3) is 50.0 Å². The Morgan fingerprint density at radius 3 is 1.27 bits per heavy atom. The zero-order chi connectivity index (χ0) is 38.9. The van der Waals surface area contributed by atoms with Crippen LogP contribution in [0, 0.1) is 0 Å². The van der Waals surface area contributed by atoms with Crippen LogP contribution >= 0.6 is 0 Å². The fourth-order valence-electron chi connectivity index (χ4n) is 9.23. The molecule has 6 aromatic carbocycles. The molecule has 12 rings (SSSR count). The van der Waals surface area contributed by atoms with Crippen molar-refractivity contribution in [1.29, 1.82) is 0 Å². The average molecular weight is 755 g/mol. The molecule has 274 valence electrons. The standard InChI is InChI=1S/C50H31B2N5O2/c1-3-12-42-36(10-1)38-20-16-32(28-44(38)51(42)48-14-5-7-24-53-48)58-34-18-22-40-41-23-19-35(31-47(41)57(46(40)30-34)50-55-26-9-27-56-50)59-33-17-21-39-37-11-2-4-13-43(37)52(45(39)29-33)49-15-6-8-25-54-49/h1-31H. The fourth-order valence-corrected chi connectivity index (χ4v) is 9.23. The smallest absolute Gasteiger partial charge is 0.266 e. The molecular weight excluding hydrogens is 724 g/mol. The summed E-state index contributed by atoms with van der Waals surface area (Å²) in [7, 11) is 0. The van der Waals surface area contributed by atoms with Crippen molar-refractivity contribution < 1.29 is 9.47 Å². The molecule has 10 aromatic rings. The highest BCUT2D eigenvalue weighted by Gasteiger charge is 2.36. The van der Waals surface area contributed by atoms with E-state index in [1.165, 1.54) is 44.1 Å². The molecular formula is C50H31B2N5O2. The number of fused-ring (bicyclic) bond motifs is 9. The average Bonchev–Trinajstić information content (AvgIpc) is 3.92. The van der Waals surface area contributed by atoms with Gasteiger partial charge in [0.1, 0.15) is 23.0 Å². The SMILES string of the molecule is c1ccc(B2c3ccccc3-c3ccc(Oc4ccc5c6ccc(Oc7ccc8c(c7)B(c7ccccn7)c7ccccc7-8)cc6n(-c6ncccn6)c5c4)cc32)nc1. The molecule has 2 aliphatic heterocycles. The first kappa shape index (κ1) is 33.4. The van der Waals surface area contributed by atoms with Gasteiger partial charge in [-0.15, -0.1) is 0 Å². The van der Waals surface area contributed by atoms with Crippen LogP contribution in [-0.2, 0) is 0 Å². The van der Waals surface area contributed by atoms with Crippen molar-refractivity contribution in [2.24, 2.45) is 0 Å². The summed E-state index contributed by atoms with van der Waals surface area (Å²) in [5, 5.41) is 2.11.